The third-order valence-corrected chi connectivity index (χ3v) is 10.9. The molecule has 0 atom stereocenters. The number of fused-ring (bicyclic) bond motifs is 3. The van der Waals surface area contributed by atoms with E-state index in [1.807, 2.05) is 6.07 Å². The molecule has 0 saturated heterocycles. The van der Waals surface area contributed by atoms with Gasteiger partial charge in [-0.05, 0) is 103 Å². The second-order valence-corrected chi connectivity index (χ2v) is 15.5. The Kier molecular flexibility index (Phi) is 11.6. The number of amides is 3. The normalized spacial score (nSPS) is 11.8. The molecule has 0 saturated carbocycles. The van der Waals surface area contributed by atoms with E-state index in [1.54, 1.807) is 65.8 Å². The minimum atomic E-state index is -3.40. The number of halogens is 2. The number of rotatable bonds is 9. The maximum absolute atomic E-state index is 13.2. The van der Waals surface area contributed by atoms with E-state index in [1.165, 1.54) is 43.3 Å². The van der Waals surface area contributed by atoms with Crippen molar-refractivity contribution in [3.8, 4) is 16.9 Å². The SMILES string of the molecule is CCS(=O)(=O)c1ccc(-n2nc(C(N)=O)c3c2-c2cc(NC(=O)c4cc(NC(C)=O)ccc4Cl)ccc2CC3)cc1.CCSc1ccc(F)cc1. The summed E-state index contributed by atoms with van der Waals surface area (Å²) in [5, 5.41) is 10.2. The minimum absolute atomic E-state index is 0.0278. The van der Waals surface area contributed by atoms with Gasteiger partial charge in [-0.15, -0.1) is 11.8 Å². The summed E-state index contributed by atoms with van der Waals surface area (Å²) in [4.78, 5) is 38.3. The van der Waals surface area contributed by atoms with Crippen LogP contribution in [0.5, 0.6) is 0 Å². The van der Waals surface area contributed by atoms with E-state index in [0.717, 1.165) is 21.8 Å². The predicted molar refractivity (Wildman–Crippen MR) is 199 cm³/mol. The van der Waals surface area contributed by atoms with Crippen LogP contribution in [-0.4, -0.2) is 47.4 Å². The predicted octanol–water partition coefficient (Wildman–Crippen LogP) is 7.33. The Morgan fingerprint density at radius 3 is 2.22 bits per heavy atom. The number of aromatic nitrogens is 2. The number of nitrogens with one attached hydrogen (secondary N) is 2. The third-order valence-electron chi connectivity index (χ3n) is 7.96. The highest BCUT2D eigenvalue weighted by molar-refractivity contribution is 7.99. The largest absolute Gasteiger partial charge is 0.364 e. The standard InChI is InChI=1S/C29H26ClN5O5S.C8H9FS/c1-3-41(39,40)21-10-8-20(9-11-21)35-27-22(26(34-35)28(31)37)12-5-17-4-6-19(14-23(17)27)33-29(38)24-15-18(32-16(2)36)7-13-25(24)30;1-2-10-8-5-3-7(9)4-6-8/h4,6-11,13-15H,3,5,12H2,1-2H3,(H2,31,37)(H,32,36)(H,33,38);3-6H,2H2,1H3. The van der Waals surface area contributed by atoms with Crippen molar-refractivity contribution in [2.45, 2.75) is 43.4 Å². The number of nitrogens with two attached hydrogens (primary N) is 1. The van der Waals surface area contributed by atoms with Gasteiger partial charge in [0, 0.05) is 34.3 Å². The lowest BCUT2D eigenvalue weighted by molar-refractivity contribution is -0.114. The summed E-state index contributed by atoms with van der Waals surface area (Å²) in [5.41, 5.74) is 10.5. The smallest absolute Gasteiger partial charge is 0.269 e. The Morgan fingerprint density at radius 2 is 1.59 bits per heavy atom. The van der Waals surface area contributed by atoms with Gasteiger partial charge in [-0.25, -0.2) is 17.5 Å². The number of nitrogens with zero attached hydrogens (tertiary/aromatic N) is 2. The number of hydrogen-bond donors (Lipinski definition) is 3. The second kappa shape index (κ2) is 15.9. The van der Waals surface area contributed by atoms with Crippen LogP contribution >= 0.6 is 23.4 Å². The van der Waals surface area contributed by atoms with Gasteiger partial charge in [0.05, 0.1) is 32.6 Å². The van der Waals surface area contributed by atoms with Crippen LogP contribution in [0.2, 0.25) is 5.02 Å². The van der Waals surface area contributed by atoms with Crippen LogP contribution in [0.15, 0.2) is 94.7 Å². The van der Waals surface area contributed by atoms with E-state index in [9.17, 15) is 27.2 Å². The van der Waals surface area contributed by atoms with Crippen molar-refractivity contribution in [1.82, 2.24) is 9.78 Å². The lowest BCUT2D eigenvalue weighted by Gasteiger charge is -2.20. The van der Waals surface area contributed by atoms with Crippen LogP contribution in [0, 0.1) is 5.82 Å². The van der Waals surface area contributed by atoms with Crippen molar-refractivity contribution in [3.63, 3.8) is 0 Å². The average molecular weight is 748 g/mol. The highest BCUT2D eigenvalue weighted by Gasteiger charge is 2.29. The molecule has 0 fully saturated rings. The first-order valence-corrected chi connectivity index (χ1v) is 19.0. The Morgan fingerprint density at radius 1 is 0.922 bits per heavy atom. The zero-order chi connectivity index (χ0) is 36.9. The number of anilines is 2. The van der Waals surface area contributed by atoms with Gasteiger partial charge in [0.2, 0.25) is 5.91 Å². The van der Waals surface area contributed by atoms with Gasteiger partial charge in [0.1, 0.15) is 5.82 Å². The molecule has 10 nitrogen and oxygen atoms in total. The van der Waals surface area contributed by atoms with Gasteiger partial charge in [0.15, 0.2) is 15.5 Å². The van der Waals surface area contributed by atoms with E-state index in [0.29, 0.717) is 41.2 Å². The van der Waals surface area contributed by atoms with E-state index in [2.05, 4.69) is 22.7 Å². The van der Waals surface area contributed by atoms with Crippen LogP contribution in [0.4, 0.5) is 15.8 Å². The number of carbonyl (C=O) groups excluding carboxylic acids is 3. The topological polar surface area (TPSA) is 153 Å². The molecule has 1 heterocycles. The quantitative estimate of drug-likeness (QED) is 0.134. The fourth-order valence-electron chi connectivity index (χ4n) is 5.54. The van der Waals surface area contributed by atoms with Gasteiger partial charge in [-0.1, -0.05) is 31.5 Å². The van der Waals surface area contributed by atoms with E-state index in [-0.39, 0.29) is 38.7 Å². The molecule has 3 amide bonds. The van der Waals surface area contributed by atoms with Crippen LogP contribution in [0.1, 0.15) is 52.7 Å². The summed E-state index contributed by atoms with van der Waals surface area (Å²) < 4.78 is 38.5. The molecule has 14 heteroatoms. The molecule has 1 aliphatic rings. The number of hydrogen-bond acceptors (Lipinski definition) is 7. The fraction of sp³-hybridized carbons (Fsp3) is 0.189. The summed E-state index contributed by atoms with van der Waals surface area (Å²) in [7, 11) is -3.40. The molecule has 0 unspecified atom stereocenters. The molecule has 264 valence electrons. The molecule has 0 radical (unpaired) electrons. The van der Waals surface area contributed by atoms with E-state index in [4.69, 9.17) is 17.3 Å². The third kappa shape index (κ3) is 8.67. The molecule has 6 rings (SSSR count). The maximum atomic E-state index is 13.2. The van der Waals surface area contributed by atoms with Crippen molar-refractivity contribution in [3.05, 3.63) is 118 Å². The molecule has 51 heavy (non-hydrogen) atoms. The lowest BCUT2D eigenvalue weighted by Crippen LogP contribution is -2.16. The van der Waals surface area contributed by atoms with Gasteiger partial charge in [-0.3, -0.25) is 14.4 Å². The van der Waals surface area contributed by atoms with Crippen LogP contribution < -0.4 is 16.4 Å². The van der Waals surface area contributed by atoms with Crippen molar-refractivity contribution in [2.75, 3.05) is 22.1 Å². The first kappa shape index (κ1) is 37.3. The molecular weight excluding hydrogens is 713 g/mol. The number of thioether (sulfide) groups is 1. The number of primary amides is 1. The highest BCUT2D eigenvalue weighted by Crippen LogP contribution is 2.38. The molecule has 5 aromatic rings. The number of carbonyl (C=O) groups is 3. The van der Waals surface area contributed by atoms with Crippen LogP contribution in [-0.2, 0) is 27.5 Å². The molecule has 4 N–H and O–H groups in total. The maximum Gasteiger partial charge on any atom is 0.269 e. The molecular formula is C37H35ClFN5O5S2. The monoisotopic (exact) mass is 747 g/mol. The van der Waals surface area contributed by atoms with Gasteiger partial charge in [0.25, 0.3) is 11.8 Å². The number of benzene rings is 4. The molecule has 0 spiro atoms. The van der Waals surface area contributed by atoms with Gasteiger partial charge in [-0.2, -0.15) is 5.10 Å². The minimum Gasteiger partial charge on any atom is -0.364 e. The Bertz CT molecular complexity index is 2220. The molecule has 1 aromatic heterocycles. The summed E-state index contributed by atoms with van der Waals surface area (Å²) in [6.07, 6.45) is 1.15. The fourth-order valence-corrected chi connectivity index (χ4v) is 7.29. The van der Waals surface area contributed by atoms with Gasteiger partial charge >= 0.3 is 0 Å². The van der Waals surface area contributed by atoms with E-state index >= 15 is 0 Å². The van der Waals surface area contributed by atoms with Crippen molar-refractivity contribution >= 4 is 62.3 Å². The van der Waals surface area contributed by atoms with Crippen molar-refractivity contribution in [1.29, 1.82) is 0 Å². The van der Waals surface area contributed by atoms with E-state index < -0.39 is 21.7 Å². The summed E-state index contributed by atoms with van der Waals surface area (Å²) in [5.74, 6) is -0.590. The Balaban J connectivity index is 0.000000435. The van der Waals surface area contributed by atoms with Crippen LogP contribution in [0.3, 0.4) is 0 Å². The summed E-state index contributed by atoms with van der Waals surface area (Å²) in [6, 6.07) is 22.9. The zero-order valence-corrected chi connectivity index (χ0v) is 30.4. The zero-order valence-electron chi connectivity index (χ0n) is 28.0. The Hall–Kier alpha value is -4.98. The Labute approximate surface area is 304 Å². The summed E-state index contributed by atoms with van der Waals surface area (Å²) >= 11 is 8.00. The average Bonchev–Trinajstić information content (AvgIpc) is 3.51. The molecule has 0 aliphatic heterocycles. The van der Waals surface area contributed by atoms with Crippen LogP contribution in [0.25, 0.3) is 16.9 Å². The molecule has 1 aliphatic carbocycles. The number of aryl methyl sites for hydroxylation is 1. The van der Waals surface area contributed by atoms with Crippen molar-refractivity contribution < 1.29 is 27.2 Å². The highest BCUT2D eigenvalue weighted by atomic mass is 35.5. The van der Waals surface area contributed by atoms with Crippen molar-refractivity contribution in [2.24, 2.45) is 5.73 Å². The second-order valence-electron chi connectivity index (χ2n) is 11.4. The number of sulfone groups is 1. The van der Waals surface area contributed by atoms with Gasteiger partial charge < -0.3 is 16.4 Å². The molecule has 0 bridgehead atoms. The first-order chi connectivity index (χ1) is 24.3. The first-order valence-electron chi connectivity index (χ1n) is 16.0. The lowest BCUT2D eigenvalue weighted by atomic mass is 9.88. The molecule has 4 aromatic carbocycles. The summed E-state index contributed by atoms with van der Waals surface area (Å²) in [6.45, 7) is 5.02.